The van der Waals surface area contributed by atoms with Crippen LogP contribution in [-0.4, -0.2) is 30.7 Å². The van der Waals surface area contributed by atoms with Gasteiger partial charge in [0.05, 0.1) is 10.9 Å². The molecule has 162 valence electrons. The molecule has 1 unspecified atom stereocenters. The molecule has 1 atom stereocenters. The molecule has 31 heavy (non-hydrogen) atoms. The molecule has 0 aliphatic heterocycles. The lowest BCUT2D eigenvalue weighted by molar-refractivity contribution is 0.101. The Bertz CT molecular complexity index is 1200. The van der Waals surface area contributed by atoms with Gasteiger partial charge in [0.2, 0.25) is 0 Å². The van der Waals surface area contributed by atoms with E-state index in [1.807, 2.05) is 0 Å². The Labute approximate surface area is 180 Å². The Hall–Kier alpha value is -3.33. The molecular formula is C22H23FN4O3S. The summed E-state index contributed by atoms with van der Waals surface area (Å²) in [4.78, 5) is 11.9. The lowest BCUT2D eigenvalue weighted by atomic mass is 10.1. The van der Waals surface area contributed by atoms with Gasteiger partial charge in [0.25, 0.3) is 0 Å². The number of carbonyl (C=O) groups is 1. The van der Waals surface area contributed by atoms with Crippen molar-refractivity contribution in [2.75, 3.05) is 16.9 Å². The molecule has 0 radical (unpaired) electrons. The van der Waals surface area contributed by atoms with Crippen molar-refractivity contribution >= 4 is 32.8 Å². The Morgan fingerprint density at radius 2 is 1.81 bits per heavy atom. The fraction of sp³-hybridized carbons (Fsp3) is 0.227. The summed E-state index contributed by atoms with van der Waals surface area (Å²) < 4.78 is 36.9. The highest BCUT2D eigenvalue weighted by molar-refractivity contribution is 7.90. The molecule has 0 aliphatic rings. The highest BCUT2D eigenvalue weighted by atomic mass is 32.2. The predicted octanol–water partition coefficient (Wildman–Crippen LogP) is 4.28. The van der Waals surface area contributed by atoms with Crippen LogP contribution in [0.4, 0.5) is 21.6 Å². The maximum absolute atomic E-state index is 13.4. The van der Waals surface area contributed by atoms with Crippen LogP contribution in [0.25, 0.3) is 0 Å². The van der Waals surface area contributed by atoms with E-state index in [0.717, 1.165) is 5.56 Å². The molecule has 3 rings (SSSR count). The third-order valence-corrected chi connectivity index (χ3v) is 6.35. The number of sulfone groups is 1. The number of rotatable bonds is 8. The van der Waals surface area contributed by atoms with Crippen LogP contribution in [-0.2, 0) is 16.4 Å². The van der Waals surface area contributed by atoms with Crippen LogP contribution in [0.5, 0.6) is 0 Å². The van der Waals surface area contributed by atoms with Gasteiger partial charge in [-0.25, -0.2) is 12.8 Å². The van der Waals surface area contributed by atoms with Crippen LogP contribution >= 0.6 is 0 Å². The lowest BCUT2D eigenvalue weighted by Crippen LogP contribution is -2.10. The SMILES string of the molecule is CC(=O)c1nnc(Nc2ccc(C(C)S(C)(=O)=O)cc2)cc1NCc1cccc(F)c1. The summed E-state index contributed by atoms with van der Waals surface area (Å²) in [5, 5.41) is 13.6. The van der Waals surface area contributed by atoms with Crippen LogP contribution in [0.3, 0.4) is 0 Å². The normalized spacial score (nSPS) is 12.3. The van der Waals surface area contributed by atoms with E-state index in [2.05, 4.69) is 20.8 Å². The number of carbonyl (C=O) groups excluding carboxylic acids is 1. The first kappa shape index (κ1) is 22.4. The van der Waals surface area contributed by atoms with Crippen molar-refractivity contribution in [1.29, 1.82) is 0 Å². The van der Waals surface area contributed by atoms with Crippen molar-refractivity contribution in [2.45, 2.75) is 25.6 Å². The predicted molar refractivity (Wildman–Crippen MR) is 119 cm³/mol. The number of aromatic nitrogens is 2. The summed E-state index contributed by atoms with van der Waals surface area (Å²) in [6.45, 7) is 3.34. The first-order valence-electron chi connectivity index (χ1n) is 9.56. The molecular weight excluding hydrogens is 419 g/mol. The second-order valence-corrected chi connectivity index (χ2v) is 9.62. The van der Waals surface area contributed by atoms with E-state index in [-0.39, 0.29) is 17.3 Å². The average Bonchev–Trinajstić information content (AvgIpc) is 2.71. The minimum absolute atomic E-state index is 0.180. The number of ketones is 1. The average molecular weight is 443 g/mol. The zero-order valence-corrected chi connectivity index (χ0v) is 18.2. The van der Waals surface area contributed by atoms with E-state index in [1.165, 1.54) is 25.3 Å². The number of benzene rings is 2. The molecule has 0 saturated carbocycles. The summed E-state index contributed by atoms with van der Waals surface area (Å²) >= 11 is 0. The second-order valence-electron chi connectivity index (χ2n) is 7.25. The van der Waals surface area contributed by atoms with Gasteiger partial charge in [-0.3, -0.25) is 4.79 Å². The van der Waals surface area contributed by atoms with Gasteiger partial charge < -0.3 is 10.6 Å². The summed E-state index contributed by atoms with van der Waals surface area (Å²) in [6.07, 6.45) is 1.20. The quantitative estimate of drug-likeness (QED) is 0.502. The Morgan fingerprint density at radius 1 is 1.10 bits per heavy atom. The molecule has 0 spiro atoms. The van der Waals surface area contributed by atoms with Crippen molar-refractivity contribution in [1.82, 2.24) is 10.2 Å². The van der Waals surface area contributed by atoms with E-state index in [0.29, 0.717) is 29.3 Å². The highest BCUT2D eigenvalue weighted by Gasteiger charge is 2.17. The fourth-order valence-corrected chi connectivity index (χ4v) is 3.58. The zero-order chi connectivity index (χ0) is 22.6. The Balaban J connectivity index is 1.79. The highest BCUT2D eigenvalue weighted by Crippen LogP contribution is 2.25. The Kier molecular flexibility index (Phi) is 6.65. The van der Waals surface area contributed by atoms with Crippen molar-refractivity contribution in [3.05, 3.63) is 77.2 Å². The standard InChI is InChI=1S/C22H23FN4O3S/c1-14(28)22-20(24-13-16-5-4-6-18(23)11-16)12-21(26-27-22)25-19-9-7-17(8-10-19)15(2)31(3,29)30/h4-12,15H,13H2,1-3H3,(H2,24,25,26). The van der Waals surface area contributed by atoms with Crippen molar-refractivity contribution in [3.63, 3.8) is 0 Å². The van der Waals surface area contributed by atoms with Crippen LogP contribution in [0.1, 0.15) is 40.7 Å². The molecule has 0 amide bonds. The van der Waals surface area contributed by atoms with Crippen LogP contribution in [0.15, 0.2) is 54.6 Å². The minimum Gasteiger partial charge on any atom is -0.379 e. The van der Waals surface area contributed by atoms with Crippen LogP contribution in [0.2, 0.25) is 0 Å². The molecule has 9 heteroatoms. The number of hydrogen-bond donors (Lipinski definition) is 2. The lowest BCUT2D eigenvalue weighted by Gasteiger charge is -2.13. The zero-order valence-electron chi connectivity index (χ0n) is 17.4. The summed E-state index contributed by atoms with van der Waals surface area (Å²) in [5.74, 6) is -0.189. The third-order valence-electron chi connectivity index (χ3n) is 4.79. The number of halogens is 1. The summed E-state index contributed by atoms with van der Waals surface area (Å²) in [7, 11) is -3.18. The number of nitrogens with one attached hydrogen (secondary N) is 2. The molecule has 2 N–H and O–H groups in total. The van der Waals surface area contributed by atoms with Gasteiger partial charge in [-0.1, -0.05) is 24.3 Å². The van der Waals surface area contributed by atoms with E-state index in [4.69, 9.17) is 0 Å². The molecule has 0 aliphatic carbocycles. The Morgan fingerprint density at radius 3 is 2.42 bits per heavy atom. The van der Waals surface area contributed by atoms with Gasteiger partial charge in [0, 0.05) is 31.5 Å². The maximum atomic E-state index is 13.4. The molecule has 0 saturated heterocycles. The van der Waals surface area contributed by atoms with Crippen LogP contribution in [0, 0.1) is 5.82 Å². The van der Waals surface area contributed by atoms with Crippen LogP contribution < -0.4 is 10.6 Å². The van der Waals surface area contributed by atoms with Gasteiger partial charge in [-0.15, -0.1) is 10.2 Å². The van der Waals surface area contributed by atoms with Gasteiger partial charge >= 0.3 is 0 Å². The van der Waals surface area contributed by atoms with Gasteiger partial charge in [0.1, 0.15) is 5.82 Å². The maximum Gasteiger partial charge on any atom is 0.182 e. The third kappa shape index (κ3) is 5.85. The number of anilines is 3. The second kappa shape index (κ2) is 9.22. The largest absolute Gasteiger partial charge is 0.379 e. The summed E-state index contributed by atoms with van der Waals surface area (Å²) in [6, 6.07) is 14.8. The first-order chi connectivity index (χ1) is 14.6. The molecule has 7 nitrogen and oxygen atoms in total. The van der Waals surface area contributed by atoms with E-state index < -0.39 is 15.1 Å². The minimum atomic E-state index is -3.18. The van der Waals surface area contributed by atoms with E-state index in [1.54, 1.807) is 49.4 Å². The molecule has 2 aromatic carbocycles. The van der Waals surface area contributed by atoms with Crippen molar-refractivity contribution in [2.24, 2.45) is 0 Å². The monoisotopic (exact) mass is 442 g/mol. The van der Waals surface area contributed by atoms with Crippen molar-refractivity contribution < 1.29 is 17.6 Å². The topological polar surface area (TPSA) is 101 Å². The molecule has 0 bridgehead atoms. The fourth-order valence-electron chi connectivity index (χ4n) is 2.92. The molecule has 0 fully saturated rings. The van der Waals surface area contributed by atoms with E-state index >= 15 is 0 Å². The molecule has 1 heterocycles. The van der Waals surface area contributed by atoms with E-state index in [9.17, 15) is 17.6 Å². The molecule has 3 aromatic rings. The number of Topliss-reactive ketones (excluding diaryl/α,β-unsaturated/α-hetero) is 1. The van der Waals surface area contributed by atoms with Gasteiger partial charge in [-0.2, -0.15) is 0 Å². The van der Waals surface area contributed by atoms with Gasteiger partial charge in [-0.05, 0) is 42.3 Å². The van der Waals surface area contributed by atoms with Crippen molar-refractivity contribution in [3.8, 4) is 0 Å². The summed E-state index contributed by atoms with van der Waals surface area (Å²) in [5.41, 5.74) is 2.74. The molecule has 1 aromatic heterocycles. The number of nitrogens with zero attached hydrogens (tertiary/aromatic N) is 2. The first-order valence-corrected chi connectivity index (χ1v) is 11.5. The van der Waals surface area contributed by atoms with Gasteiger partial charge in [0.15, 0.2) is 27.1 Å². The number of hydrogen-bond acceptors (Lipinski definition) is 7. The smallest absolute Gasteiger partial charge is 0.182 e.